The van der Waals surface area contributed by atoms with Crippen LogP contribution in [0.3, 0.4) is 0 Å². The minimum atomic E-state index is -1.09. The van der Waals surface area contributed by atoms with Gasteiger partial charge in [0.05, 0.1) is 6.61 Å². The fraction of sp³-hybridized carbons (Fsp3) is 0.368. The Kier molecular flexibility index (Phi) is 6.22. The lowest BCUT2D eigenvalue weighted by atomic mass is 10.2. The van der Waals surface area contributed by atoms with Crippen LogP contribution >= 0.6 is 0 Å². The molecule has 0 aliphatic carbocycles. The maximum Gasteiger partial charge on any atom is 0.339 e. The minimum absolute atomic E-state index is 0.0436. The van der Waals surface area contributed by atoms with Crippen molar-refractivity contribution in [1.82, 2.24) is 4.90 Å². The van der Waals surface area contributed by atoms with Crippen molar-refractivity contribution in [3.63, 3.8) is 0 Å². The van der Waals surface area contributed by atoms with Crippen molar-refractivity contribution in [2.24, 2.45) is 0 Å². The number of carboxylic acid groups (broad SMARTS) is 1. The van der Waals surface area contributed by atoms with Gasteiger partial charge in [-0.2, -0.15) is 0 Å². The fourth-order valence-corrected chi connectivity index (χ4v) is 2.47. The summed E-state index contributed by atoms with van der Waals surface area (Å²) in [6.45, 7) is 4.73. The molecule has 0 aliphatic heterocycles. The molecule has 0 saturated heterocycles. The van der Waals surface area contributed by atoms with Crippen molar-refractivity contribution in [3.8, 4) is 5.75 Å². The molecule has 0 atom stereocenters. The van der Waals surface area contributed by atoms with Crippen molar-refractivity contribution in [2.75, 3.05) is 20.2 Å². The summed E-state index contributed by atoms with van der Waals surface area (Å²) in [6, 6.07) is 9.05. The molecule has 134 valence electrons. The number of para-hydroxylation sites is 1. The van der Waals surface area contributed by atoms with E-state index in [-0.39, 0.29) is 17.2 Å². The Morgan fingerprint density at radius 1 is 1.28 bits per heavy atom. The predicted molar refractivity (Wildman–Crippen MR) is 93.3 cm³/mol. The van der Waals surface area contributed by atoms with Gasteiger partial charge in [0, 0.05) is 26.1 Å². The summed E-state index contributed by atoms with van der Waals surface area (Å²) >= 11 is 0. The van der Waals surface area contributed by atoms with E-state index in [9.17, 15) is 9.59 Å². The molecule has 1 aromatic carbocycles. The quantitative estimate of drug-likeness (QED) is 0.742. The van der Waals surface area contributed by atoms with Gasteiger partial charge in [-0.3, -0.25) is 4.79 Å². The third-order valence-corrected chi connectivity index (χ3v) is 3.91. The zero-order valence-electron chi connectivity index (χ0n) is 14.7. The highest BCUT2D eigenvalue weighted by Crippen LogP contribution is 2.18. The number of aryl methyl sites for hydroxylation is 2. The van der Waals surface area contributed by atoms with E-state index in [1.54, 1.807) is 14.0 Å². The van der Waals surface area contributed by atoms with Crippen LogP contribution in [0.5, 0.6) is 5.75 Å². The maximum absolute atomic E-state index is 12.4. The number of hydrogen-bond acceptors (Lipinski definition) is 4. The highest BCUT2D eigenvalue weighted by molar-refractivity contribution is 5.96. The average Bonchev–Trinajstić information content (AvgIpc) is 3.04. The first-order valence-corrected chi connectivity index (χ1v) is 8.24. The molecule has 25 heavy (non-hydrogen) atoms. The molecular formula is C19H23NO5. The molecule has 6 heteroatoms. The number of carbonyl (C=O) groups is 2. The van der Waals surface area contributed by atoms with E-state index in [1.165, 1.54) is 11.0 Å². The average molecular weight is 345 g/mol. The van der Waals surface area contributed by atoms with E-state index >= 15 is 0 Å². The molecule has 2 aromatic rings. The molecule has 0 radical (unpaired) electrons. The van der Waals surface area contributed by atoms with Gasteiger partial charge in [0.15, 0.2) is 5.76 Å². The van der Waals surface area contributed by atoms with Crippen LogP contribution in [0.1, 0.15) is 45.6 Å². The fourth-order valence-electron chi connectivity index (χ4n) is 2.47. The number of carboxylic acids is 1. The zero-order chi connectivity index (χ0) is 18.4. The molecule has 1 heterocycles. The first-order valence-electron chi connectivity index (χ1n) is 8.24. The van der Waals surface area contributed by atoms with Gasteiger partial charge in [0.2, 0.25) is 0 Å². The number of aromatic carboxylic acids is 1. The van der Waals surface area contributed by atoms with Gasteiger partial charge >= 0.3 is 5.97 Å². The maximum atomic E-state index is 12.4. The third kappa shape index (κ3) is 4.62. The van der Waals surface area contributed by atoms with Gasteiger partial charge in [-0.1, -0.05) is 25.1 Å². The van der Waals surface area contributed by atoms with E-state index in [0.29, 0.717) is 31.8 Å². The van der Waals surface area contributed by atoms with E-state index in [2.05, 4.69) is 0 Å². The number of amides is 1. The molecule has 1 N–H and O–H groups in total. The number of ether oxygens (including phenoxy) is 1. The number of nitrogens with zero attached hydrogens (tertiary/aromatic N) is 1. The van der Waals surface area contributed by atoms with Crippen LogP contribution in [0, 0.1) is 6.92 Å². The van der Waals surface area contributed by atoms with Crippen LogP contribution in [-0.4, -0.2) is 42.1 Å². The summed E-state index contributed by atoms with van der Waals surface area (Å²) in [5.74, 6) is -0.225. The molecule has 2 rings (SSSR count). The number of furan rings is 1. The summed E-state index contributed by atoms with van der Waals surface area (Å²) < 4.78 is 11.1. The second-order valence-corrected chi connectivity index (χ2v) is 5.80. The van der Waals surface area contributed by atoms with Crippen molar-refractivity contribution in [1.29, 1.82) is 0 Å². The lowest BCUT2D eigenvalue weighted by Gasteiger charge is -2.16. The Hall–Kier alpha value is -2.76. The first kappa shape index (κ1) is 18.6. The summed E-state index contributed by atoms with van der Waals surface area (Å²) in [4.78, 5) is 25.0. The molecule has 1 aromatic heterocycles. The Bertz CT molecular complexity index is 750. The first-order chi connectivity index (χ1) is 11.9. The van der Waals surface area contributed by atoms with E-state index in [0.717, 1.165) is 11.3 Å². The summed E-state index contributed by atoms with van der Waals surface area (Å²) in [5, 5.41) is 9.13. The van der Waals surface area contributed by atoms with Crippen LogP contribution in [0.25, 0.3) is 0 Å². The van der Waals surface area contributed by atoms with E-state index in [4.69, 9.17) is 14.3 Å². The lowest BCUT2D eigenvalue weighted by molar-refractivity contribution is 0.0692. The smallest absolute Gasteiger partial charge is 0.339 e. The van der Waals surface area contributed by atoms with Gasteiger partial charge in [0.1, 0.15) is 17.1 Å². The second kappa shape index (κ2) is 8.37. The van der Waals surface area contributed by atoms with Gasteiger partial charge in [-0.05, 0) is 25.0 Å². The SMILES string of the molecule is CCc1oc(C(=O)N(C)CCCOc2ccccc2C)cc1C(=O)O. The number of benzene rings is 1. The van der Waals surface area contributed by atoms with Crippen molar-refractivity contribution in [2.45, 2.75) is 26.7 Å². The van der Waals surface area contributed by atoms with Gasteiger partial charge in [-0.15, -0.1) is 0 Å². The summed E-state index contributed by atoms with van der Waals surface area (Å²) in [7, 11) is 1.66. The predicted octanol–water partition coefficient (Wildman–Crippen LogP) is 3.39. The highest BCUT2D eigenvalue weighted by Gasteiger charge is 2.22. The molecule has 0 spiro atoms. The van der Waals surface area contributed by atoms with Gasteiger partial charge < -0.3 is 19.2 Å². The van der Waals surface area contributed by atoms with Gasteiger partial charge in [0.25, 0.3) is 5.91 Å². The molecule has 0 saturated carbocycles. The summed E-state index contributed by atoms with van der Waals surface area (Å²) in [6.07, 6.45) is 1.08. The number of hydrogen-bond donors (Lipinski definition) is 1. The van der Waals surface area contributed by atoms with Crippen LogP contribution < -0.4 is 4.74 Å². The molecule has 0 aliphatic rings. The van der Waals surface area contributed by atoms with Gasteiger partial charge in [-0.25, -0.2) is 4.79 Å². The van der Waals surface area contributed by atoms with Crippen molar-refractivity contribution in [3.05, 3.63) is 53.0 Å². The Balaban J connectivity index is 1.88. The monoisotopic (exact) mass is 345 g/mol. The lowest BCUT2D eigenvalue weighted by Crippen LogP contribution is -2.28. The third-order valence-electron chi connectivity index (χ3n) is 3.91. The Labute approximate surface area is 147 Å². The largest absolute Gasteiger partial charge is 0.493 e. The Morgan fingerprint density at radius 3 is 2.60 bits per heavy atom. The number of rotatable bonds is 8. The molecule has 0 fully saturated rings. The van der Waals surface area contributed by atoms with E-state index < -0.39 is 5.97 Å². The minimum Gasteiger partial charge on any atom is -0.493 e. The highest BCUT2D eigenvalue weighted by atomic mass is 16.5. The molecular weight excluding hydrogens is 322 g/mol. The van der Waals surface area contributed by atoms with Crippen molar-refractivity contribution < 1.29 is 23.8 Å². The standard InChI is InChI=1S/C19H23NO5/c1-4-15-14(19(22)23)12-17(25-15)18(21)20(3)10-7-11-24-16-9-6-5-8-13(16)2/h5-6,8-9,12H,4,7,10-11H2,1-3H3,(H,22,23). The van der Waals surface area contributed by atoms with Crippen LogP contribution in [-0.2, 0) is 6.42 Å². The van der Waals surface area contributed by atoms with Crippen molar-refractivity contribution >= 4 is 11.9 Å². The molecule has 0 bridgehead atoms. The molecule has 1 amide bonds. The van der Waals surface area contributed by atoms with Crippen LogP contribution in [0.4, 0.5) is 0 Å². The normalized spacial score (nSPS) is 10.5. The van der Waals surface area contributed by atoms with Crippen LogP contribution in [0.2, 0.25) is 0 Å². The molecule has 0 unspecified atom stereocenters. The summed E-state index contributed by atoms with van der Waals surface area (Å²) in [5.41, 5.74) is 1.11. The topological polar surface area (TPSA) is 80.0 Å². The van der Waals surface area contributed by atoms with Crippen LogP contribution in [0.15, 0.2) is 34.7 Å². The zero-order valence-corrected chi connectivity index (χ0v) is 14.7. The number of carbonyl (C=O) groups excluding carboxylic acids is 1. The molecule has 6 nitrogen and oxygen atoms in total. The Morgan fingerprint density at radius 2 is 2.00 bits per heavy atom. The second-order valence-electron chi connectivity index (χ2n) is 5.80. The van der Waals surface area contributed by atoms with E-state index in [1.807, 2.05) is 31.2 Å².